The lowest BCUT2D eigenvalue weighted by molar-refractivity contribution is -0.119. The summed E-state index contributed by atoms with van der Waals surface area (Å²) in [6.45, 7) is 9.87. The molecule has 1 aromatic carbocycles. The highest BCUT2D eigenvalue weighted by atomic mass is 16.5. The molecule has 0 radical (unpaired) electrons. The maximum Gasteiger partial charge on any atom is 0.119 e. The summed E-state index contributed by atoms with van der Waals surface area (Å²) in [5.41, 5.74) is 1.62. The zero-order chi connectivity index (χ0) is 16.7. The Balaban J connectivity index is 1.84. The van der Waals surface area contributed by atoms with Crippen LogP contribution in [0.2, 0.25) is 0 Å². The summed E-state index contributed by atoms with van der Waals surface area (Å²) >= 11 is 0. The molecule has 126 valence electrons. The van der Waals surface area contributed by atoms with Crippen LogP contribution in [0.15, 0.2) is 42.0 Å². The normalized spacial score (nSPS) is 36.0. The van der Waals surface area contributed by atoms with Gasteiger partial charge in [-0.05, 0) is 55.1 Å². The van der Waals surface area contributed by atoms with E-state index >= 15 is 0 Å². The van der Waals surface area contributed by atoms with E-state index in [1.807, 2.05) is 30.3 Å². The van der Waals surface area contributed by atoms with Gasteiger partial charge in [0.1, 0.15) is 5.75 Å². The summed E-state index contributed by atoms with van der Waals surface area (Å²) in [5, 5.41) is 10.5. The fourth-order valence-corrected chi connectivity index (χ4v) is 5.05. The first-order chi connectivity index (χ1) is 10.9. The molecule has 0 saturated heterocycles. The molecule has 1 fully saturated rings. The summed E-state index contributed by atoms with van der Waals surface area (Å²) < 4.78 is 6.12. The Kier molecular flexibility index (Phi) is 4.31. The number of benzene rings is 1. The topological polar surface area (TPSA) is 29.5 Å². The molecule has 2 aliphatic carbocycles. The summed E-state index contributed by atoms with van der Waals surface area (Å²) in [6, 6.07) is 10.1. The Labute approximate surface area is 140 Å². The predicted molar refractivity (Wildman–Crippen MR) is 94.4 cm³/mol. The van der Waals surface area contributed by atoms with E-state index in [0.717, 1.165) is 31.6 Å². The quantitative estimate of drug-likeness (QED) is 0.809. The third-order valence-electron chi connectivity index (χ3n) is 6.69. The van der Waals surface area contributed by atoms with Gasteiger partial charge < -0.3 is 9.84 Å². The average molecular weight is 314 g/mol. The number of aliphatic hydroxyl groups excluding tert-OH is 1. The van der Waals surface area contributed by atoms with Crippen molar-refractivity contribution in [2.45, 2.75) is 53.1 Å². The van der Waals surface area contributed by atoms with Gasteiger partial charge in [0.2, 0.25) is 0 Å². The number of rotatable bonds is 3. The standard InChI is InChI=1S/C21H30O2/c1-15-10-11-18-20(2,3)19(22)12-13-21(18,4)17(15)14-23-16-8-6-5-7-9-16/h5-10,17-19,22H,11-14H2,1-4H3. The Bertz CT molecular complexity index is 575. The zero-order valence-corrected chi connectivity index (χ0v) is 14.9. The number of para-hydroxylation sites is 1. The van der Waals surface area contributed by atoms with Gasteiger partial charge in [-0.3, -0.25) is 0 Å². The van der Waals surface area contributed by atoms with Crippen LogP contribution < -0.4 is 4.74 Å². The Hall–Kier alpha value is -1.28. The smallest absolute Gasteiger partial charge is 0.119 e. The van der Waals surface area contributed by atoms with E-state index in [1.54, 1.807) is 0 Å². The molecule has 0 bridgehead atoms. The van der Waals surface area contributed by atoms with Crippen LogP contribution in [-0.2, 0) is 0 Å². The van der Waals surface area contributed by atoms with Crippen LogP contribution in [0.25, 0.3) is 0 Å². The third kappa shape index (κ3) is 2.82. The third-order valence-corrected chi connectivity index (χ3v) is 6.69. The summed E-state index contributed by atoms with van der Waals surface area (Å²) in [4.78, 5) is 0. The van der Waals surface area contributed by atoms with Crippen LogP contribution in [0.1, 0.15) is 47.0 Å². The first-order valence-electron chi connectivity index (χ1n) is 8.88. The molecule has 1 N–H and O–H groups in total. The average Bonchev–Trinajstić information content (AvgIpc) is 2.52. The highest BCUT2D eigenvalue weighted by molar-refractivity contribution is 5.23. The lowest BCUT2D eigenvalue weighted by Crippen LogP contribution is -2.55. The molecule has 2 heteroatoms. The van der Waals surface area contributed by atoms with Crippen LogP contribution in [0.3, 0.4) is 0 Å². The van der Waals surface area contributed by atoms with E-state index in [1.165, 1.54) is 5.57 Å². The lowest BCUT2D eigenvalue weighted by Gasteiger charge is -2.58. The van der Waals surface area contributed by atoms with Crippen LogP contribution in [0, 0.1) is 22.7 Å². The second-order valence-corrected chi connectivity index (χ2v) is 8.29. The zero-order valence-electron chi connectivity index (χ0n) is 14.9. The molecule has 23 heavy (non-hydrogen) atoms. The molecule has 0 spiro atoms. The summed E-state index contributed by atoms with van der Waals surface area (Å²) in [5.74, 6) is 1.88. The highest BCUT2D eigenvalue weighted by Gasteiger charge is 2.55. The van der Waals surface area contributed by atoms with Crippen molar-refractivity contribution in [1.29, 1.82) is 0 Å². The van der Waals surface area contributed by atoms with E-state index in [9.17, 15) is 5.11 Å². The van der Waals surface area contributed by atoms with Gasteiger partial charge in [0.25, 0.3) is 0 Å². The molecule has 0 heterocycles. The van der Waals surface area contributed by atoms with Crippen molar-refractivity contribution < 1.29 is 9.84 Å². The SMILES string of the molecule is CC1=CCC2C(C)(C)C(O)CCC2(C)C1COc1ccccc1. The van der Waals surface area contributed by atoms with E-state index in [2.05, 4.69) is 33.8 Å². The Morgan fingerprint density at radius 3 is 2.57 bits per heavy atom. The molecule has 1 saturated carbocycles. The molecule has 4 atom stereocenters. The van der Waals surface area contributed by atoms with Crippen molar-refractivity contribution in [3.8, 4) is 5.75 Å². The van der Waals surface area contributed by atoms with Crippen molar-refractivity contribution in [3.63, 3.8) is 0 Å². The molecular formula is C21H30O2. The van der Waals surface area contributed by atoms with Gasteiger partial charge in [-0.2, -0.15) is 0 Å². The first-order valence-corrected chi connectivity index (χ1v) is 8.88. The maximum absolute atomic E-state index is 10.5. The van der Waals surface area contributed by atoms with Gasteiger partial charge in [0.05, 0.1) is 12.7 Å². The van der Waals surface area contributed by atoms with Crippen LogP contribution >= 0.6 is 0 Å². The minimum atomic E-state index is -0.192. The minimum Gasteiger partial charge on any atom is -0.493 e. The molecule has 4 unspecified atom stereocenters. The van der Waals surface area contributed by atoms with E-state index in [0.29, 0.717) is 11.8 Å². The van der Waals surface area contributed by atoms with E-state index in [-0.39, 0.29) is 16.9 Å². The van der Waals surface area contributed by atoms with Crippen LogP contribution in [0.5, 0.6) is 5.75 Å². The van der Waals surface area contributed by atoms with Gasteiger partial charge in [0.15, 0.2) is 0 Å². The largest absolute Gasteiger partial charge is 0.493 e. The number of ether oxygens (including phenoxy) is 1. The summed E-state index contributed by atoms with van der Waals surface area (Å²) in [7, 11) is 0. The lowest BCUT2D eigenvalue weighted by atomic mass is 9.48. The van der Waals surface area contributed by atoms with Gasteiger partial charge >= 0.3 is 0 Å². The number of aliphatic hydroxyl groups is 1. The monoisotopic (exact) mass is 314 g/mol. The van der Waals surface area contributed by atoms with Gasteiger partial charge in [-0.15, -0.1) is 0 Å². The van der Waals surface area contributed by atoms with Gasteiger partial charge in [-0.25, -0.2) is 0 Å². The van der Waals surface area contributed by atoms with Crippen molar-refractivity contribution in [2.75, 3.05) is 6.61 Å². The second kappa shape index (κ2) is 5.98. The molecule has 2 nitrogen and oxygen atoms in total. The molecule has 1 aromatic rings. The number of hydrogen-bond donors (Lipinski definition) is 1. The van der Waals surface area contributed by atoms with Crippen LogP contribution in [0.4, 0.5) is 0 Å². The van der Waals surface area contributed by atoms with E-state index in [4.69, 9.17) is 4.74 Å². The number of allylic oxidation sites excluding steroid dienone is 1. The van der Waals surface area contributed by atoms with Gasteiger partial charge in [-0.1, -0.05) is 50.6 Å². The summed E-state index contributed by atoms with van der Waals surface area (Å²) in [6.07, 6.45) is 5.24. The van der Waals surface area contributed by atoms with Crippen LogP contribution in [-0.4, -0.2) is 17.8 Å². The van der Waals surface area contributed by atoms with Gasteiger partial charge in [0, 0.05) is 5.92 Å². The highest BCUT2D eigenvalue weighted by Crippen LogP contribution is 2.59. The molecular weight excluding hydrogens is 284 g/mol. The molecule has 3 rings (SSSR count). The first kappa shape index (κ1) is 16.6. The fourth-order valence-electron chi connectivity index (χ4n) is 5.05. The second-order valence-electron chi connectivity index (χ2n) is 8.29. The minimum absolute atomic E-state index is 0.0325. The van der Waals surface area contributed by atoms with Crippen molar-refractivity contribution in [3.05, 3.63) is 42.0 Å². The number of hydrogen-bond acceptors (Lipinski definition) is 2. The van der Waals surface area contributed by atoms with Crippen molar-refractivity contribution in [1.82, 2.24) is 0 Å². The molecule has 0 aliphatic heterocycles. The predicted octanol–water partition coefficient (Wildman–Crippen LogP) is 4.84. The fraction of sp³-hybridized carbons (Fsp3) is 0.619. The van der Waals surface area contributed by atoms with E-state index < -0.39 is 0 Å². The Morgan fingerprint density at radius 1 is 1.17 bits per heavy atom. The molecule has 2 aliphatic rings. The molecule has 0 aromatic heterocycles. The Morgan fingerprint density at radius 2 is 1.87 bits per heavy atom. The van der Waals surface area contributed by atoms with Crippen molar-refractivity contribution >= 4 is 0 Å². The number of fused-ring (bicyclic) bond motifs is 1. The van der Waals surface area contributed by atoms with Crippen molar-refractivity contribution in [2.24, 2.45) is 22.7 Å². The molecule has 0 amide bonds. The maximum atomic E-state index is 10.5.